The van der Waals surface area contributed by atoms with E-state index in [1.165, 1.54) is 0 Å². The van der Waals surface area contributed by atoms with Crippen LogP contribution in [0.3, 0.4) is 0 Å². The molecule has 3 nitrogen and oxygen atoms in total. The van der Waals surface area contributed by atoms with E-state index in [1.54, 1.807) is 11.3 Å². The second kappa shape index (κ2) is 3.30. The SMILES string of the molecule is CC(C)c1nc(-c2ccsc2)n[nH]1. The van der Waals surface area contributed by atoms with Gasteiger partial charge >= 0.3 is 0 Å². The summed E-state index contributed by atoms with van der Waals surface area (Å²) in [6, 6.07) is 2.03. The number of nitrogens with one attached hydrogen (secondary N) is 1. The van der Waals surface area contributed by atoms with Gasteiger partial charge in [0, 0.05) is 16.9 Å². The molecule has 1 N–H and O–H groups in total. The van der Waals surface area contributed by atoms with Crippen molar-refractivity contribution in [3.63, 3.8) is 0 Å². The number of aromatic amines is 1. The van der Waals surface area contributed by atoms with Gasteiger partial charge in [-0.05, 0) is 11.4 Å². The first-order chi connectivity index (χ1) is 6.27. The molecule has 0 aliphatic carbocycles. The molecule has 68 valence electrons. The van der Waals surface area contributed by atoms with Crippen molar-refractivity contribution in [3.05, 3.63) is 22.7 Å². The Morgan fingerprint density at radius 3 is 2.85 bits per heavy atom. The van der Waals surface area contributed by atoms with E-state index in [1.807, 2.05) is 16.8 Å². The summed E-state index contributed by atoms with van der Waals surface area (Å²) in [4.78, 5) is 4.39. The van der Waals surface area contributed by atoms with E-state index in [-0.39, 0.29) is 0 Å². The summed E-state index contributed by atoms with van der Waals surface area (Å²) in [5, 5.41) is 11.2. The largest absolute Gasteiger partial charge is 0.262 e. The van der Waals surface area contributed by atoms with Crippen molar-refractivity contribution in [2.75, 3.05) is 0 Å². The smallest absolute Gasteiger partial charge is 0.181 e. The number of thiophene rings is 1. The Balaban J connectivity index is 2.33. The van der Waals surface area contributed by atoms with E-state index >= 15 is 0 Å². The summed E-state index contributed by atoms with van der Waals surface area (Å²) in [7, 11) is 0. The molecule has 0 atom stereocenters. The molecule has 2 aromatic heterocycles. The van der Waals surface area contributed by atoms with Crippen molar-refractivity contribution >= 4 is 11.3 Å². The first-order valence-electron chi connectivity index (χ1n) is 4.22. The van der Waals surface area contributed by atoms with Gasteiger partial charge in [0.1, 0.15) is 5.82 Å². The molecule has 2 aromatic rings. The maximum Gasteiger partial charge on any atom is 0.181 e. The van der Waals surface area contributed by atoms with Crippen molar-refractivity contribution < 1.29 is 0 Å². The van der Waals surface area contributed by atoms with E-state index in [2.05, 4.69) is 29.0 Å². The van der Waals surface area contributed by atoms with Crippen molar-refractivity contribution in [1.82, 2.24) is 15.2 Å². The topological polar surface area (TPSA) is 41.6 Å². The highest BCUT2D eigenvalue weighted by molar-refractivity contribution is 7.08. The summed E-state index contributed by atoms with van der Waals surface area (Å²) in [6.07, 6.45) is 0. The quantitative estimate of drug-likeness (QED) is 0.796. The average Bonchev–Trinajstić information content (AvgIpc) is 2.75. The molecule has 4 heteroatoms. The molecule has 13 heavy (non-hydrogen) atoms. The van der Waals surface area contributed by atoms with Gasteiger partial charge in [0.15, 0.2) is 5.82 Å². The van der Waals surface area contributed by atoms with Crippen LogP contribution in [0.4, 0.5) is 0 Å². The van der Waals surface area contributed by atoms with E-state index in [0.29, 0.717) is 5.92 Å². The maximum atomic E-state index is 4.39. The van der Waals surface area contributed by atoms with Crippen LogP contribution < -0.4 is 0 Å². The number of hydrogen-bond donors (Lipinski definition) is 1. The highest BCUT2D eigenvalue weighted by Crippen LogP contribution is 2.19. The molecular weight excluding hydrogens is 182 g/mol. The minimum Gasteiger partial charge on any atom is -0.262 e. The lowest BCUT2D eigenvalue weighted by atomic mass is 10.2. The van der Waals surface area contributed by atoms with Gasteiger partial charge in [-0.1, -0.05) is 13.8 Å². The van der Waals surface area contributed by atoms with Crippen LogP contribution in [0.5, 0.6) is 0 Å². The first kappa shape index (κ1) is 8.44. The van der Waals surface area contributed by atoms with E-state index < -0.39 is 0 Å². The summed E-state index contributed by atoms with van der Waals surface area (Å²) < 4.78 is 0. The molecular formula is C9H11N3S. The zero-order chi connectivity index (χ0) is 9.26. The monoisotopic (exact) mass is 193 g/mol. The van der Waals surface area contributed by atoms with Crippen LogP contribution in [0.2, 0.25) is 0 Å². The third-order valence-electron chi connectivity index (χ3n) is 1.83. The Bertz CT molecular complexity index is 375. The van der Waals surface area contributed by atoms with Crippen molar-refractivity contribution in [2.45, 2.75) is 19.8 Å². The molecule has 0 fully saturated rings. The number of rotatable bonds is 2. The summed E-state index contributed by atoms with van der Waals surface area (Å²) in [6.45, 7) is 4.19. The third kappa shape index (κ3) is 1.62. The van der Waals surface area contributed by atoms with Gasteiger partial charge in [0.25, 0.3) is 0 Å². The summed E-state index contributed by atoms with van der Waals surface area (Å²) in [5.74, 6) is 2.14. The Morgan fingerprint density at radius 2 is 2.31 bits per heavy atom. The molecule has 0 aromatic carbocycles. The number of aromatic nitrogens is 3. The van der Waals surface area contributed by atoms with E-state index in [4.69, 9.17) is 0 Å². The molecule has 0 amide bonds. The molecule has 2 heterocycles. The zero-order valence-corrected chi connectivity index (χ0v) is 8.43. The van der Waals surface area contributed by atoms with Crippen LogP contribution in [0.25, 0.3) is 11.4 Å². The van der Waals surface area contributed by atoms with Gasteiger partial charge < -0.3 is 0 Å². The lowest BCUT2D eigenvalue weighted by molar-refractivity contribution is 0.781. The van der Waals surface area contributed by atoms with Crippen LogP contribution in [-0.2, 0) is 0 Å². The van der Waals surface area contributed by atoms with Crippen LogP contribution in [0.15, 0.2) is 16.8 Å². The standard InChI is InChI=1S/C9H11N3S/c1-6(2)8-10-9(12-11-8)7-3-4-13-5-7/h3-6H,1-2H3,(H,10,11,12). The number of hydrogen-bond acceptors (Lipinski definition) is 3. The molecule has 0 spiro atoms. The molecule has 0 saturated heterocycles. The zero-order valence-electron chi connectivity index (χ0n) is 7.61. The minimum absolute atomic E-state index is 0.403. The van der Waals surface area contributed by atoms with Crippen LogP contribution in [-0.4, -0.2) is 15.2 Å². The Morgan fingerprint density at radius 1 is 1.46 bits per heavy atom. The van der Waals surface area contributed by atoms with Gasteiger partial charge in [0.2, 0.25) is 0 Å². The second-order valence-electron chi connectivity index (χ2n) is 3.21. The lowest BCUT2D eigenvalue weighted by Gasteiger charge is -1.94. The number of H-pyrrole nitrogens is 1. The van der Waals surface area contributed by atoms with Gasteiger partial charge in [-0.15, -0.1) is 0 Å². The molecule has 0 radical (unpaired) electrons. The van der Waals surface area contributed by atoms with Gasteiger partial charge in [-0.25, -0.2) is 4.98 Å². The normalized spacial score (nSPS) is 11.0. The fourth-order valence-corrected chi connectivity index (χ4v) is 1.69. The molecule has 2 rings (SSSR count). The predicted octanol–water partition coefficient (Wildman–Crippen LogP) is 2.66. The second-order valence-corrected chi connectivity index (χ2v) is 3.99. The van der Waals surface area contributed by atoms with Crippen molar-refractivity contribution in [2.24, 2.45) is 0 Å². The average molecular weight is 193 g/mol. The van der Waals surface area contributed by atoms with Crippen LogP contribution in [0.1, 0.15) is 25.6 Å². The highest BCUT2D eigenvalue weighted by atomic mass is 32.1. The fraction of sp³-hybridized carbons (Fsp3) is 0.333. The van der Waals surface area contributed by atoms with Gasteiger partial charge in [-0.3, -0.25) is 5.10 Å². The summed E-state index contributed by atoms with van der Waals surface area (Å²) in [5.41, 5.74) is 1.09. The van der Waals surface area contributed by atoms with Crippen LogP contribution in [0, 0.1) is 0 Å². The molecule has 0 aliphatic heterocycles. The third-order valence-corrected chi connectivity index (χ3v) is 2.51. The Labute approximate surface area is 80.8 Å². The number of nitrogens with zero attached hydrogens (tertiary/aromatic N) is 2. The molecule has 0 unspecified atom stereocenters. The van der Waals surface area contributed by atoms with Gasteiger partial charge in [0.05, 0.1) is 0 Å². The van der Waals surface area contributed by atoms with E-state index in [9.17, 15) is 0 Å². The fourth-order valence-electron chi connectivity index (χ4n) is 1.05. The van der Waals surface area contributed by atoms with Crippen molar-refractivity contribution in [3.8, 4) is 11.4 Å². The molecule has 0 saturated carbocycles. The maximum absolute atomic E-state index is 4.39. The van der Waals surface area contributed by atoms with Crippen molar-refractivity contribution in [1.29, 1.82) is 0 Å². The summed E-state index contributed by atoms with van der Waals surface area (Å²) >= 11 is 1.66. The van der Waals surface area contributed by atoms with Gasteiger partial charge in [-0.2, -0.15) is 16.4 Å². The highest BCUT2D eigenvalue weighted by Gasteiger charge is 2.07. The Hall–Kier alpha value is -1.16. The van der Waals surface area contributed by atoms with Crippen LogP contribution >= 0.6 is 11.3 Å². The lowest BCUT2D eigenvalue weighted by Crippen LogP contribution is -1.89. The minimum atomic E-state index is 0.403. The molecule has 0 aliphatic rings. The Kier molecular flexibility index (Phi) is 2.14. The predicted molar refractivity (Wildman–Crippen MR) is 53.8 cm³/mol. The first-order valence-corrected chi connectivity index (χ1v) is 5.16. The molecule has 0 bridgehead atoms. The van der Waals surface area contributed by atoms with E-state index in [0.717, 1.165) is 17.2 Å².